The Balaban J connectivity index is 0.000000478. The molecule has 4 rings (SSSR count). The first kappa shape index (κ1) is 30.4. The Kier molecular flexibility index (Phi) is 14.2. The standard InChI is InChI=1S/C10H12ClN3.C6H3Cl2N3.C4H9.BrH.Mg/c1-7(2)5-8-3-4-10-12-9(11)6-14(10)13-8;7-4-1-2-6-9-5(8)3-11(6)10-4;1-4(2)3;;/h3-4,6-7H,5H2,1-2H3;1-3H;4H,1H2,2-3H3;1H;/q;;-1;;+2/p-1. The maximum atomic E-state index is 5.77. The Morgan fingerprint density at radius 2 is 1.26 bits per heavy atom. The van der Waals surface area contributed by atoms with Crippen molar-refractivity contribution >= 4 is 69.1 Å². The molecule has 0 aromatic carbocycles. The molecule has 0 atom stereocenters. The van der Waals surface area contributed by atoms with Crippen LogP contribution in [0.5, 0.6) is 0 Å². The van der Waals surface area contributed by atoms with Crippen molar-refractivity contribution in [2.75, 3.05) is 0 Å². The minimum Gasteiger partial charge on any atom is -1.00 e. The second-order valence-corrected chi connectivity index (χ2v) is 8.37. The summed E-state index contributed by atoms with van der Waals surface area (Å²) in [5, 5.41) is 9.66. The molecule has 0 aliphatic heterocycles. The molecule has 0 fully saturated rings. The van der Waals surface area contributed by atoms with Crippen molar-refractivity contribution in [3.05, 3.63) is 64.7 Å². The molecule has 0 unspecified atom stereocenters. The Bertz CT molecular complexity index is 1060. The quantitative estimate of drug-likeness (QED) is 0.280. The number of rotatable bonds is 2. The van der Waals surface area contributed by atoms with E-state index in [0.717, 1.165) is 17.8 Å². The van der Waals surface area contributed by atoms with Gasteiger partial charge < -0.3 is 23.9 Å². The molecule has 0 bridgehead atoms. The molecule has 4 heterocycles. The van der Waals surface area contributed by atoms with Crippen molar-refractivity contribution in [1.29, 1.82) is 0 Å². The summed E-state index contributed by atoms with van der Waals surface area (Å²) in [5.74, 6) is 1.19. The number of fused-ring (bicyclic) bond motifs is 2. The van der Waals surface area contributed by atoms with Gasteiger partial charge in [-0.1, -0.05) is 62.5 Å². The average Bonchev–Trinajstić information content (AvgIpc) is 3.14. The summed E-state index contributed by atoms with van der Waals surface area (Å²) in [7, 11) is 0. The number of hydrogen-bond donors (Lipinski definition) is 0. The van der Waals surface area contributed by atoms with Crippen LogP contribution in [-0.2, 0) is 6.42 Å². The van der Waals surface area contributed by atoms with Gasteiger partial charge >= 0.3 is 23.1 Å². The van der Waals surface area contributed by atoms with Crippen LogP contribution in [0.2, 0.25) is 15.5 Å². The zero-order valence-corrected chi connectivity index (χ0v) is 23.2. The van der Waals surface area contributed by atoms with Crippen molar-refractivity contribution in [2.24, 2.45) is 11.8 Å². The van der Waals surface area contributed by atoms with Crippen LogP contribution in [0, 0.1) is 18.8 Å². The molecule has 0 amide bonds. The minimum atomic E-state index is 0. The molecular weight excluding hydrogens is 535 g/mol. The van der Waals surface area contributed by atoms with E-state index in [9.17, 15) is 0 Å². The van der Waals surface area contributed by atoms with Crippen LogP contribution in [0.4, 0.5) is 0 Å². The van der Waals surface area contributed by atoms with E-state index in [1.165, 1.54) is 4.52 Å². The summed E-state index contributed by atoms with van der Waals surface area (Å²) in [6.07, 6.45) is 4.30. The largest absolute Gasteiger partial charge is 2.00 e. The van der Waals surface area contributed by atoms with Gasteiger partial charge in [-0.2, -0.15) is 16.1 Å². The van der Waals surface area contributed by atoms with Crippen LogP contribution < -0.4 is 17.0 Å². The summed E-state index contributed by atoms with van der Waals surface area (Å²) in [6, 6.07) is 7.36. The Morgan fingerprint density at radius 3 is 1.74 bits per heavy atom. The van der Waals surface area contributed by atoms with Gasteiger partial charge in [-0.05, 0) is 36.6 Å². The van der Waals surface area contributed by atoms with Crippen LogP contribution in [0.3, 0.4) is 0 Å². The predicted molar refractivity (Wildman–Crippen MR) is 125 cm³/mol. The van der Waals surface area contributed by atoms with Gasteiger partial charge in [-0.15, -0.1) is 0 Å². The van der Waals surface area contributed by atoms with Crippen molar-refractivity contribution in [3.63, 3.8) is 0 Å². The number of halogens is 4. The van der Waals surface area contributed by atoms with Crippen LogP contribution in [0.25, 0.3) is 11.3 Å². The monoisotopic (exact) mass is 556 g/mol. The third kappa shape index (κ3) is 10.7. The number of nitrogens with zero attached hydrogens (tertiary/aromatic N) is 6. The van der Waals surface area contributed by atoms with Crippen molar-refractivity contribution < 1.29 is 17.0 Å². The van der Waals surface area contributed by atoms with Crippen LogP contribution in [-0.4, -0.2) is 52.2 Å². The van der Waals surface area contributed by atoms with E-state index in [0.29, 0.717) is 32.9 Å². The maximum Gasteiger partial charge on any atom is 2.00 e. The molecule has 0 radical (unpaired) electrons. The molecule has 11 heteroatoms. The first-order valence-electron chi connectivity index (χ1n) is 9.15. The van der Waals surface area contributed by atoms with Gasteiger partial charge in [0.1, 0.15) is 15.5 Å². The number of aromatic nitrogens is 6. The van der Waals surface area contributed by atoms with Gasteiger partial charge in [0, 0.05) is 0 Å². The molecule has 0 N–H and O–H groups in total. The van der Waals surface area contributed by atoms with Crippen LogP contribution in [0.15, 0.2) is 36.7 Å². The zero-order chi connectivity index (χ0) is 21.6. The Morgan fingerprint density at radius 1 is 0.806 bits per heavy atom. The average molecular weight is 559 g/mol. The first-order chi connectivity index (χ1) is 13.6. The van der Waals surface area contributed by atoms with E-state index >= 15 is 0 Å². The van der Waals surface area contributed by atoms with Crippen molar-refractivity contribution in [2.45, 2.75) is 34.1 Å². The molecule has 164 valence electrons. The van der Waals surface area contributed by atoms with E-state index < -0.39 is 0 Å². The fourth-order valence-electron chi connectivity index (χ4n) is 2.25. The summed E-state index contributed by atoms with van der Waals surface area (Å²) >= 11 is 17.0. The van der Waals surface area contributed by atoms with Gasteiger partial charge in [-0.3, -0.25) is 0 Å². The van der Waals surface area contributed by atoms with Gasteiger partial charge in [0.15, 0.2) is 11.3 Å². The molecule has 6 nitrogen and oxygen atoms in total. The van der Waals surface area contributed by atoms with Crippen LogP contribution in [0.1, 0.15) is 33.4 Å². The summed E-state index contributed by atoms with van der Waals surface area (Å²) in [6.45, 7) is 12.1. The molecule has 0 aliphatic rings. The van der Waals surface area contributed by atoms with Crippen LogP contribution >= 0.6 is 34.8 Å². The fraction of sp³-hybridized carbons (Fsp3) is 0.350. The molecule has 31 heavy (non-hydrogen) atoms. The SMILES string of the molecule is CC(C)Cc1ccc2nc(Cl)cn2n1.Clc1cn2nc(Cl)ccc2n1.[Br-].[CH2-]C(C)C.[Mg+2]. The third-order valence-electron chi connectivity index (χ3n) is 3.22. The summed E-state index contributed by atoms with van der Waals surface area (Å²) in [5.41, 5.74) is 2.56. The van der Waals surface area contributed by atoms with E-state index in [4.69, 9.17) is 34.8 Å². The molecule has 0 spiro atoms. The fourth-order valence-corrected chi connectivity index (χ4v) is 2.75. The second-order valence-electron chi connectivity index (χ2n) is 7.21. The molecule has 0 saturated heterocycles. The van der Waals surface area contributed by atoms with Gasteiger partial charge in [-0.25, -0.2) is 19.0 Å². The molecule has 4 aromatic rings. The molecule has 4 aromatic heterocycles. The zero-order valence-electron chi connectivity index (χ0n) is 17.9. The minimum absolute atomic E-state index is 0. The Labute approximate surface area is 224 Å². The van der Waals surface area contributed by atoms with Gasteiger partial charge in [0.25, 0.3) is 0 Å². The van der Waals surface area contributed by atoms with Gasteiger partial charge in [0.2, 0.25) is 0 Å². The van der Waals surface area contributed by atoms with Gasteiger partial charge in [0.05, 0.1) is 18.1 Å². The summed E-state index contributed by atoms with van der Waals surface area (Å²) in [4.78, 5) is 8.06. The predicted octanol–water partition coefficient (Wildman–Crippen LogP) is 2.72. The Hall–Kier alpha value is -0.644. The first-order valence-corrected chi connectivity index (χ1v) is 10.3. The third-order valence-corrected chi connectivity index (χ3v) is 3.79. The molecular formula is C20H24BrCl3MgN6. The van der Waals surface area contributed by atoms with Crippen molar-refractivity contribution in [3.8, 4) is 0 Å². The maximum absolute atomic E-state index is 5.77. The molecule has 0 aliphatic carbocycles. The molecule has 0 saturated carbocycles. The second kappa shape index (κ2) is 14.5. The number of hydrogen-bond acceptors (Lipinski definition) is 4. The van der Waals surface area contributed by atoms with E-state index in [1.807, 2.05) is 12.1 Å². The number of imidazole rings is 2. The normalized spacial score (nSPS) is 10.1. The van der Waals surface area contributed by atoms with E-state index in [1.54, 1.807) is 29.0 Å². The van der Waals surface area contributed by atoms with E-state index in [-0.39, 0.29) is 40.0 Å². The topological polar surface area (TPSA) is 60.4 Å². The smallest absolute Gasteiger partial charge is 1.00 e. The van der Waals surface area contributed by atoms with E-state index in [2.05, 4.69) is 54.8 Å². The van der Waals surface area contributed by atoms with Crippen molar-refractivity contribution in [1.82, 2.24) is 29.2 Å². The summed E-state index contributed by atoms with van der Waals surface area (Å²) < 4.78 is 3.25.